The van der Waals surface area contributed by atoms with Gasteiger partial charge in [-0.15, -0.1) is 10.2 Å². The fraction of sp³-hybridized carbons (Fsp3) is 0.286. The summed E-state index contributed by atoms with van der Waals surface area (Å²) in [4.78, 5) is 14.5. The molecule has 0 radical (unpaired) electrons. The van der Waals surface area contributed by atoms with Crippen molar-refractivity contribution in [3.05, 3.63) is 58.9 Å². The Bertz CT molecular complexity index is 1090. The van der Waals surface area contributed by atoms with Crippen LogP contribution in [-0.4, -0.2) is 52.7 Å². The van der Waals surface area contributed by atoms with Gasteiger partial charge in [-0.1, -0.05) is 35.5 Å². The predicted molar refractivity (Wildman–Crippen MR) is 120 cm³/mol. The number of rotatable bonds is 6. The van der Waals surface area contributed by atoms with Gasteiger partial charge < -0.3 is 15.0 Å². The molecule has 1 N–H and O–H groups in total. The number of thioether (sulfide) groups is 1. The van der Waals surface area contributed by atoms with Crippen molar-refractivity contribution in [2.24, 2.45) is 0 Å². The molecule has 1 amide bonds. The van der Waals surface area contributed by atoms with E-state index in [1.807, 2.05) is 17.9 Å². The maximum absolute atomic E-state index is 13.9. The molecule has 162 valence electrons. The van der Waals surface area contributed by atoms with Gasteiger partial charge in [0, 0.05) is 23.8 Å². The van der Waals surface area contributed by atoms with Crippen LogP contribution in [0.15, 0.2) is 47.6 Å². The Labute approximate surface area is 188 Å². The third-order valence-corrected chi connectivity index (χ3v) is 6.10. The molecule has 1 fully saturated rings. The van der Waals surface area contributed by atoms with Gasteiger partial charge in [0.25, 0.3) is 0 Å². The summed E-state index contributed by atoms with van der Waals surface area (Å²) in [6.45, 7) is 4.38. The Morgan fingerprint density at radius 2 is 2.03 bits per heavy atom. The molecule has 1 saturated heterocycles. The molecule has 31 heavy (non-hydrogen) atoms. The largest absolute Gasteiger partial charge is 0.378 e. The number of aryl methyl sites for hydroxylation is 1. The first-order chi connectivity index (χ1) is 15.0. The average Bonchev–Trinajstić information content (AvgIpc) is 3.19. The Morgan fingerprint density at radius 3 is 2.77 bits per heavy atom. The molecule has 3 aromatic rings. The van der Waals surface area contributed by atoms with Crippen molar-refractivity contribution in [2.75, 3.05) is 42.3 Å². The smallest absolute Gasteiger partial charge is 0.234 e. The number of nitrogens with one attached hydrogen (secondary N) is 1. The van der Waals surface area contributed by atoms with Crippen LogP contribution in [0, 0.1) is 12.7 Å². The molecular weight excluding hydrogens is 441 g/mol. The summed E-state index contributed by atoms with van der Waals surface area (Å²) in [6.07, 6.45) is 0. The molecule has 1 aliphatic heterocycles. The molecule has 1 aliphatic rings. The Kier molecular flexibility index (Phi) is 6.74. The number of anilines is 2. The number of ether oxygens (including phenoxy) is 1. The number of benzene rings is 2. The lowest BCUT2D eigenvalue weighted by Crippen LogP contribution is -2.37. The third kappa shape index (κ3) is 5.17. The van der Waals surface area contributed by atoms with E-state index in [1.54, 1.807) is 28.8 Å². The summed E-state index contributed by atoms with van der Waals surface area (Å²) in [6, 6.07) is 11.6. The highest BCUT2D eigenvalue weighted by Crippen LogP contribution is 2.28. The van der Waals surface area contributed by atoms with Gasteiger partial charge in [-0.2, -0.15) is 0 Å². The van der Waals surface area contributed by atoms with E-state index in [9.17, 15) is 9.18 Å². The molecule has 2 heterocycles. The fourth-order valence-electron chi connectivity index (χ4n) is 3.16. The van der Waals surface area contributed by atoms with Gasteiger partial charge in [-0.3, -0.25) is 9.36 Å². The highest BCUT2D eigenvalue weighted by Gasteiger charge is 2.22. The lowest BCUT2D eigenvalue weighted by atomic mass is 10.2. The first-order valence-corrected chi connectivity index (χ1v) is 11.1. The summed E-state index contributed by atoms with van der Waals surface area (Å²) in [5.41, 5.74) is 2.16. The second-order valence-electron chi connectivity index (χ2n) is 7.00. The lowest BCUT2D eigenvalue weighted by molar-refractivity contribution is -0.113. The number of amides is 1. The molecule has 0 saturated carbocycles. The standard InChI is InChI=1S/C21H21ClFN5O2S/c1-14-5-6-16(12-18(14)22)24-19(29)13-31-21-26-25-20(27-7-9-30-10-8-27)28(21)17-4-2-3-15(23)11-17/h2-6,11-12H,7-10,13H2,1H3,(H,24,29). The highest BCUT2D eigenvalue weighted by atomic mass is 35.5. The van der Waals surface area contributed by atoms with E-state index >= 15 is 0 Å². The van der Waals surface area contributed by atoms with Crippen LogP contribution < -0.4 is 10.2 Å². The van der Waals surface area contributed by atoms with Crippen LogP contribution in [0.25, 0.3) is 5.69 Å². The average molecular weight is 462 g/mol. The molecule has 0 aliphatic carbocycles. The van der Waals surface area contributed by atoms with Gasteiger partial charge >= 0.3 is 0 Å². The van der Waals surface area contributed by atoms with Crippen LogP contribution in [0.2, 0.25) is 5.02 Å². The summed E-state index contributed by atoms with van der Waals surface area (Å²) >= 11 is 7.36. The normalized spacial score (nSPS) is 14.0. The summed E-state index contributed by atoms with van der Waals surface area (Å²) < 4.78 is 21.1. The molecule has 4 rings (SSSR count). The van der Waals surface area contributed by atoms with Crippen LogP contribution in [0.4, 0.5) is 16.0 Å². The van der Waals surface area contributed by atoms with Gasteiger partial charge in [0.1, 0.15) is 5.82 Å². The lowest BCUT2D eigenvalue weighted by Gasteiger charge is -2.27. The second-order valence-corrected chi connectivity index (χ2v) is 8.35. The number of hydrogen-bond acceptors (Lipinski definition) is 6. The number of morpholine rings is 1. The van der Waals surface area contributed by atoms with Crippen molar-refractivity contribution in [1.82, 2.24) is 14.8 Å². The zero-order valence-electron chi connectivity index (χ0n) is 16.8. The number of nitrogens with zero attached hydrogens (tertiary/aromatic N) is 4. The molecule has 10 heteroatoms. The van der Waals surface area contributed by atoms with Crippen LogP contribution in [0.5, 0.6) is 0 Å². The maximum atomic E-state index is 13.9. The van der Waals surface area contributed by atoms with Crippen LogP contribution in [0.3, 0.4) is 0 Å². The number of halogens is 2. The summed E-state index contributed by atoms with van der Waals surface area (Å²) in [5.74, 6) is 0.153. The summed E-state index contributed by atoms with van der Waals surface area (Å²) in [7, 11) is 0. The van der Waals surface area contributed by atoms with E-state index < -0.39 is 0 Å². The third-order valence-electron chi connectivity index (χ3n) is 4.76. The quantitative estimate of drug-likeness (QED) is 0.561. The van der Waals surface area contributed by atoms with Gasteiger partial charge in [0.2, 0.25) is 11.9 Å². The van der Waals surface area contributed by atoms with E-state index in [0.717, 1.165) is 5.56 Å². The van der Waals surface area contributed by atoms with Gasteiger partial charge in [-0.25, -0.2) is 4.39 Å². The van der Waals surface area contributed by atoms with Gasteiger partial charge in [-0.05, 0) is 42.8 Å². The molecule has 0 bridgehead atoms. The van der Waals surface area contributed by atoms with Crippen molar-refractivity contribution < 1.29 is 13.9 Å². The van der Waals surface area contributed by atoms with E-state index in [-0.39, 0.29) is 17.5 Å². The first kappa shape index (κ1) is 21.6. The molecule has 1 aromatic heterocycles. The van der Waals surface area contributed by atoms with E-state index in [4.69, 9.17) is 16.3 Å². The minimum Gasteiger partial charge on any atom is -0.378 e. The van der Waals surface area contributed by atoms with E-state index in [1.165, 1.54) is 23.9 Å². The molecule has 0 spiro atoms. The van der Waals surface area contributed by atoms with Crippen molar-refractivity contribution in [1.29, 1.82) is 0 Å². The Hall–Kier alpha value is -2.62. The van der Waals surface area contributed by atoms with Crippen molar-refractivity contribution in [3.8, 4) is 5.69 Å². The SMILES string of the molecule is Cc1ccc(NC(=O)CSc2nnc(N3CCOCC3)n2-c2cccc(F)c2)cc1Cl. The zero-order valence-corrected chi connectivity index (χ0v) is 18.4. The fourth-order valence-corrected chi connectivity index (χ4v) is 4.09. The van der Waals surface area contributed by atoms with Crippen LogP contribution in [0.1, 0.15) is 5.56 Å². The summed E-state index contributed by atoms with van der Waals surface area (Å²) in [5, 5.41) is 12.5. The monoisotopic (exact) mass is 461 g/mol. The topological polar surface area (TPSA) is 72.3 Å². The van der Waals surface area contributed by atoms with Crippen LogP contribution in [-0.2, 0) is 9.53 Å². The van der Waals surface area contributed by atoms with Crippen molar-refractivity contribution in [3.63, 3.8) is 0 Å². The molecule has 7 nitrogen and oxygen atoms in total. The first-order valence-electron chi connectivity index (χ1n) is 9.74. The minimum atomic E-state index is -0.357. The number of aromatic nitrogens is 3. The number of carbonyl (C=O) groups is 1. The van der Waals surface area contributed by atoms with Gasteiger partial charge in [0.05, 0.1) is 24.7 Å². The van der Waals surface area contributed by atoms with E-state index in [0.29, 0.717) is 53.8 Å². The highest BCUT2D eigenvalue weighted by molar-refractivity contribution is 7.99. The molecular formula is C21H21ClFN5O2S. The van der Waals surface area contributed by atoms with Crippen LogP contribution >= 0.6 is 23.4 Å². The molecule has 0 unspecified atom stereocenters. The second kappa shape index (κ2) is 9.67. The van der Waals surface area contributed by atoms with Gasteiger partial charge in [0.15, 0.2) is 5.16 Å². The number of hydrogen-bond donors (Lipinski definition) is 1. The van der Waals surface area contributed by atoms with E-state index in [2.05, 4.69) is 15.5 Å². The zero-order chi connectivity index (χ0) is 21.8. The Morgan fingerprint density at radius 1 is 1.23 bits per heavy atom. The molecule has 2 aromatic carbocycles. The van der Waals surface area contributed by atoms with Crippen molar-refractivity contribution >= 4 is 40.9 Å². The minimum absolute atomic E-state index is 0.113. The van der Waals surface area contributed by atoms with Crippen molar-refractivity contribution in [2.45, 2.75) is 12.1 Å². The molecule has 0 atom stereocenters. The predicted octanol–water partition coefficient (Wildman–Crippen LogP) is 3.94. The number of carbonyl (C=O) groups excluding carboxylic acids is 1. The maximum Gasteiger partial charge on any atom is 0.234 e. The Balaban J connectivity index is 1.54.